The first-order chi connectivity index (χ1) is 15.5. The van der Waals surface area contributed by atoms with Gasteiger partial charge >= 0.3 is 0 Å². The number of anilines is 1. The molecule has 0 spiro atoms. The third-order valence-corrected chi connectivity index (χ3v) is 4.59. The summed E-state index contributed by atoms with van der Waals surface area (Å²) in [5.41, 5.74) is 2.00. The van der Waals surface area contributed by atoms with Crippen LogP contribution in [-0.4, -0.2) is 71.4 Å². The number of halogens is 1. The molecular formula is C24H35IN4O4. The minimum Gasteiger partial charge on any atom is -0.497 e. The lowest BCUT2D eigenvalue weighted by molar-refractivity contribution is -0.127. The van der Waals surface area contributed by atoms with Crippen molar-refractivity contribution in [2.24, 2.45) is 4.99 Å². The summed E-state index contributed by atoms with van der Waals surface area (Å²) < 4.78 is 16.0. The van der Waals surface area contributed by atoms with E-state index in [0.717, 1.165) is 30.0 Å². The second kappa shape index (κ2) is 16.1. The Morgan fingerprint density at radius 1 is 1.03 bits per heavy atom. The average molecular weight is 570 g/mol. The van der Waals surface area contributed by atoms with Crippen molar-refractivity contribution in [3.63, 3.8) is 0 Å². The summed E-state index contributed by atoms with van der Waals surface area (Å²) in [6.45, 7) is 1.95. The molecule has 0 heterocycles. The molecule has 0 aliphatic heterocycles. The molecule has 1 amide bonds. The number of carbonyl (C=O) groups is 1. The van der Waals surface area contributed by atoms with Crippen molar-refractivity contribution in [2.45, 2.75) is 12.8 Å². The van der Waals surface area contributed by atoms with Crippen molar-refractivity contribution in [3.05, 3.63) is 54.1 Å². The molecule has 2 aromatic rings. The van der Waals surface area contributed by atoms with Gasteiger partial charge < -0.3 is 29.7 Å². The quantitative estimate of drug-likeness (QED) is 0.176. The number of hydrogen-bond donors (Lipinski definition) is 2. The molecule has 0 aliphatic rings. The van der Waals surface area contributed by atoms with Gasteiger partial charge in [0.05, 0.1) is 13.7 Å². The number of ether oxygens (including phenoxy) is 3. The monoisotopic (exact) mass is 570 g/mol. The number of benzene rings is 2. The summed E-state index contributed by atoms with van der Waals surface area (Å²) >= 11 is 0. The number of nitrogens with zero attached hydrogens (tertiary/aromatic N) is 2. The van der Waals surface area contributed by atoms with Crippen LogP contribution in [0.4, 0.5) is 5.69 Å². The van der Waals surface area contributed by atoms with Gasteiger partial charge in [-0.05, 0) is 36.2 Å². The Morgan fingerprint density at radius 2 is 1.79 bits per heavy atom. The number of carbonyl (C=O) groups excluding carboxylic acids is 1. The lowest BCUT2D eigenvalue weighted by Gasteiger charge is -2.15. The lowest BCUT2D eigenvalue weighted by Crippen LogP contribution is -2.34. The number of rotatable bonds is 12. The molecule has 0 saturated heterocycles. The fourth-order valence-electron chi connectivity index (χ4n) is 2.74. The zero-order valence-corrected chi connectivity index (χ0v) is 22.1. The minimum atomic E-state index is -0.0727. The molecule has 0 unspecified atom stereocenters. The van der Waals surface area contributed by atoms with Crippen LogP contribution in [0.5, 0.6) is 11.5 Å². The molecule has 0 fully saturated rings. The Labute approximate surface area is 213 Å². The number of guanidine groups is 1. The van der Waals surface area contributed by atoms with E-state index >= 15 is 0 Å². The van der Waals surface area contributed by atoms with Crippen molar-refractivity contribution in [1.29, 1.82) is 0 Å². The van der Waals surface area contributed by atoms with Gasteiger partial charge in [0.25, 0.3) is 0 Å². The highest BCUT2D eigenvalue weighted by molar-refractivity contribution is 14.0. The highest BCUT2D eigenvalue weighted by Crippen LogP contribution is 2.17. The minimum absolute atomic E-state index is 0. The summed E-state index contributed by atoms with van der Waals surface area (Å²) in [5, 5.41) is 6.56. The molecule has 2 N–H and O–H groups in total. The molecule has 33 heavy (non-hydrogen) atoms. The van der Waals surface area contributed by atoms with Crippen LogP contribution >= 0.6 is 24.0 Å². The molecule has 0 saturated carbocycles. The molecule has 0 radical (unpaired) electrons. The fraction of sp³-hybridized carbons (Fsp3) is 0.417. The third-order valence-electron chi connectivity index (χ3n) is 4.59. The van der Waals surface area contributed by atoms with E-state index in [0.29, 0.717) is 25.7 Å². The molecule has 0 aromatic heterocycles. The predicted octanol–water partition coefficient (Wildman–Crippen LogP) is 3.42. The van der Waals surface area contributed by atoms with Crippen molar-refractivity contribution in [2.75, 3.05) is 59.9 Å². The van der Waals surface area contributed by atoms with Crippen LogP contribution < -0.4 is 20.1 Å². The Hall–Kier alpha value is -2.53. The van der Waals surface area contributed by atoms with Crippen molar-refractivity contribution in [3.8, 4) is 11.5 Å². The van der Waals surface area contributed by atoms with E-state index < -0.39 is 0 Å². The Morgan fingerprint density at radius 3 is 2.45 bits per heavy atom. The Balaban J connectivity index is 0.00000544. The standard InChI is InChI=1S/C24H34N4O4.HI/c1-28(2)23(29)18-26-24(25-14-13-19-9-11-21(31-4)12-10-19)27-20-7-5-8-22(17-20)32-16-6-15-30-3;/h5,7-12,17H,6,13-16,18H2,1-4H3,(H2,25,26,27);1H. The fourth-order valence-corrected chi connectivity index (χ4v) is 2.74. The van der Waals surface area contributed by atoms with Crippen LogP contribution in [0.15, 0.2) is 53.5 Å². The Kier molecular flexibility index (Phi) is 13.9. The molecule has 9 heteroatoms. The SMILES string of the molecule is COCCCOc1cccc(NC(=NCC(=O)N(C)C)NCCc2ccc(OC)cc2)c1.I. The summed E-state index contributed by atoms with van der Waals surface area (Å²) in [5.74, 6) is 2.05. The van der Waals surface area contributed by atoms with Gasteiger partial charge in [0, 0.05) is 52.5 Å². The number of methoxy groups -OCH3 is 2. The average Bonchev–Trinajstić information content (AvgIpc) is 2.80. The summed E-state index contributed by atoms with van der Waals surface area (Å²) in [7, 11) is 6.76. The maximum absolute atomic E-state index is 12.0. The molecule has 0 aliphatic carbocycles. The maximum Gasteiger partial charge on any atom is 0.243 e. The molecular weight excluding hydrogens is 535 g/mol. The Bertz CT molecular complexity index is 860. The number of aliphatic imine (C=N–C) groups is 1. The normalized spacial score (nSPS) is 10.7. The number of hydrogen-bond acceptors (Lipinski definition) is 5. The molecule has 2 rings (SSSR count). The predicted molar refractivity (Wildman–Crippen MR) is 143 cm³/mol. The molecule has 0 bridgehead atoms. The molecule has 182 valence electrons. The second-order valence-corrected chi connectivity index (χ2v) is 7.33. The zero-order chi connectivity index (χ0) is 23.2. The summed E-state index contributed by atoms with van der Waals surface area (Å²) in [4.78, 5) is 18.0. The van der Waals surface area contributed by atoms with E-state index in [2.05, 4.69) is 15.6 Å². The van der Waals surface area contributed by atoms with Crippen LogP contribution in [0.3, 0.4) is 0 Å². The van der Waals surface area contributed by atoms with Crippen molar-refractivity contribution in [1.82, 2.24) is 10.2 Å². The van der Waals surface area contributed by atoms with E-state index in [1.165, 1.54) is 10.5 Å². The van der Waals surface area contributed by atoms with E-state index in [1.807, 2.05) is 48.5 Å². The van der Waals surface area contributed by atoms with Crippen LogP contribution in [0, 0.1) is 0 Å². The lowest BCUT2D eigenvalue weighted by atomic mass is 10.1. The maximum atomic E-state index is 12.0. The molecule has 2 aromatic carbocycles. The van der Waals surface area contributed by atoms with Gasteiger partial charge in [-0.3, -0.25) is 4.79 Å². The van der Waals surface area contributed by atoms with Gasteiger partial charge in [-0.1, -0.05) is 18.2 Å². The number of likely N-dealkylation sites (N-methyl/N-ethyl adjacent to an activating group) is 1. The first-order valence-electron chi connectivity index (χ1n) is 10.6. The topological polar surface area (TPSA) is 84.4 Å². The van der Waals surface area contributed by atoms with Gasteiger partial charge in [0.2, 0.25) is 5.91 Å². The number of nitrogens with one attached hydrogen (secondary N) is 2. The number of amides is 1. The summed E-state index contributed by atoms with van der Waals surface area (Å²) in [6, 6.07) is 15.6. The van der Waals surface area contributed by atoms with E-state index in [9.17, 15) is 4.79 Å². The second-order valence-electron chi connectivity index (χ2n) is 7.33. The van der Waals surface area contributed by atoms with Crippen molar-refractivity contribution >= 4 is 41.5 Å². The first kappa shape index (κ1) is 28.5. The zero-order valence-electron chi connectivity index (χ0n) is 19.8. The first-order valence-corrected chi connectivity index (χ1v) is 10.6. The third kappa shape index (κ3) is 11.2. The van der Waals surface area contributed by atoms with E-state index in [4.69, 9.17) is 14.2 Å². The van der Waals surface area contributed by atoms with Crippen molar-refractivity contribution < 1.29 is 19.0 Å². The molecule has 8 nitrogen and oxygen atoms in total. The van der Waals surface area contributed by atoms with Crippen LogP contribution in [0.2, 0.25) is 0 Å². The van der Waals surface area contributed by atoms with Gasteiger partial charge in [-0.2, -0.15) is 0 Å². The molecule has 0 atom stereocenters. The van der Waals surface area contributed by atoms with Crippen LogP contribution in [0.1, 0.15) is 12.0 Å². The highest BCUT2D eigenvalue weighted by Gasteiger charge is 2.06. The van der Waals surface area contributed by atoms with Crippen LogP contribution in [-0.2, 0) is 16.0 Å². The van der Waals surface area contributed by atoms with Gasteiger partial charge in [-0.15, -0.1) is 24.0 Å². The smallest absolute Gasteiger partial charge is 0.243 e. The van der Waals surface area contributed by atoms with E-state index in [1.54, 1.807) is 28.3 Å². The largest absolute Gasteiger partial charge is 0.497 e. The van der Waals surface area contributed by atoms with Crippen LogP contribution in [0.25, 0.3) is 0 Å². The van der Waals surface area contributed by atoms with Gasteiger partial charge in [-0.25, -0.2) is 4.99 Å². The highest BCUT2D eigenvalue weighted by atomic mass is 127. The van der Waals surface area contributed by atoms with E-state index in [-0.39, 0.29) is 36.4 Å². The van der Waals surface area contributed by atoms with Gasteiger partial charge in [0.15, 0.2) is 5.96 Å². The van der Waals surface area contributed by atoms with Gasteiger partial charge in [0.1, 0.15) is 18.0 Å². The summed E-state index contributed by atoms with van der Waals surface area (Å²) in [6.07, 6.45) is 1.62.